The normalized spacial score (nSPS) is 32.0. The van der Waals surface area contributed by atoms with Gasteiger partial charge in [0.05, 0.1) is 32.9 Å². The summed E-state index contributed by atoms with van der Waals surface area (Å²) in [6, 6.07) is -2.84. The molecule has 10 heteroatoms. The Labute approximate surface area is 220 Å². The van der Waals surface area contributed by atoms with E-state index in [9.17, 15) is 29.1 Å². The first-order chi connectivity index (χ1) is 18.0. The van der Waals surface area contributed by atoms with E-state index >= 15 is 0 Å². The van der Waals surface area contributed by atoms with E-state index in [2.05, 4.69) is 0 Å². The first kappa shape index (κ1) is 26.4. The number of carbonyl (C=O) groups excluding carboxylic acids is 5. The Morgan fingerprint density at radius 1 is 0.868 bits per heavy atom. The van der Waals surface area contributed by atoms with Crippen LogP contribution in [0.4, 0.5) is 0 Å². The van der Waals surface area contributed by atoms with E-state index in [-0.39, 0.29) is 82.2 Å². The van der Waals surface area contributed by atoms with Gasteiger partial charge >= 0.3 is 0 Å². The Morgan fingerprint density at radius 3 is 1.87 bits per heavy atom. The maximum absolute atomic E-state index is 13.7. The van der Waals surface area contributed by atoms with Gasteiger partial charge in [0.25, 0.3) is 0 Å². The number of carbonyl (C=O) groups is 5. The molecule has 3 heterocycles. The van der Waals surface area contributed by atoms with Gasteiger partial charge < -0.3 is 14.6 Å². The summed E-state index contributed by atoms with van der Waals surface area (Å²) in [5.74, 6) is -1.55. The van der Waals surface area contributed by atoms with Gasteiger partial charge in [0.2, 0.25) is 11.6 Å². The Balaban J connectivity index is 1.73. The molecule has 5 aliphatic rings. The molecule has 5 atom stereocenters. The van der Waals surface area contributed by atoms with Crippen LogP contribution in [0.5, 0.6) is 0 Å². The third-order valence-electron chi connectivity index (χ3n) is 8.89. The fourth-order valence-electron chi connectivity index (χ4n) is 7.33. The summed E-state index contributed by atoms with van der Waals surface area (Å²) in [6.45, 7) is 4.12. The van der Waals surface area contributed by atoms with Crippen molar-refractivity contribution in [2.75, 3.05) is 27.9 Å². The maximum Gasteiger partial charge on any atom is 0.226 e. The number of ketones is 5. The summed E-state index contributed by atoms with van der Waals surface area (Å²) < 4.78 is 10.6. The van der Waals surface area contributed by atoms with Gasteiger partial charge in [-0.05, 0) is 40.7 Å². The van der Waals surface area contributed by atoms with Gasteiger partial charge in [0.1, 0.15) is 5.78 Å². The molecule has 202 valence electrons. The van der Waals surface area contributed by atoms with Crippen molar-refractivity contribution >= 4 is 28.9 Å². The summed E-state index contributed by atoms with van der Waals surface area (Å²) >= 11 is 0. The van der Waals surface area contributed by atoms with Gasteiger partial charge in [0, 0.05) is 58.0 Å². The Hall–Kier alpha value is -3.21. The lowest BCUT2D eigenvalue weighted by atomic mass is 9.67. The van der Waals surface area contributed by atoms with Crippen molar-refractivity contribution in [1.29, 1.82) is 0 Å². The summed E-state index contributed by atoms with van der Waals surface area (Å²) in [5.41, 5.74) is 1.65. The van der Waals surface area contributed by atoms with Crippen molar-refractivity contribution in [3.8, 4) is 0 Å². The molecule has 0 radical (unpaired) electrons. The monoisotopic (exact) mass is 524 g/mol. The highest BCUT2D eigenvalue weighted by atomic mass is 16.5. The van der Waals surface area contributed by atoms with E-state index in [1.54, 1.807) is 6.92 Å². The average molecular weight is 525 g/mol. The molecule has 0 saturated carbocycles. The lowest BCUT2D eigenvalue weighted by molar-refractivity contribution is -0.132. The van der Waals surface area contributed by atoms with Gasteiger partial charge in [-0.1, -0.05) is 0 Å². The van der Waals surface area contributed by atoms with Crippen LogP contribution >= 0.6 is 0 Å². The molecule has 1 saturated heterocycles. The summed E-state index contributed by atoms with van der Waals surface area (Å²) in [5, 5.41) is 10.7. The fourth-order valence-corrected chi connectivity index (χ4v) is 7.33. The highest BCUT2D eigenvalue weighted by Gasteiger charge is 2.59. The molecule has 2 aliphatic carbocycles. The molecule has 0 aromatic heterocycles. The predicted molar refractivity (Wildman–Crippen MR) is 134 cm³/mol. The number of nitrogens with zero attached hydrogens (tertiary/aromatic N) is 2. The number of methoxy groups -OCH3 is 2. The van der Waals surface area contributed by atoms with Crippen LogP contribution in [-0.2, 0) is 33.4 Å². The van der Waals surface area contributed by atoms with Gasteiger partial charge in [-0.3, -0.25) is 33.8 Å². The molecule has 2 unspecified atom stereocenters. The van der Waals surface area contributed by atoms with E-state index < -0.39 is 36.6 Å². The number of hydrogen-bond acceptors (Lipinski definition) is 10. The molecule has 0 aromatic carbocycles. The molecule has 1 N–H and O–H groups in total. The first-order valence-electron chi connectivity index (χ1n) is 12.7. The minimum atomic E-state index is -0.878. The number of allylic oxidation sites excluding steroid dienone is 4. The zero-order valence-electron chi connectivity index (χ0n) is 22.4. The first-order valence-corrected chi connectivity index (χ1v) is 12.7. The van der Waals surface area contributed by atoms with Crippen LogP contribution in [0.1, 0.15) is 40.0 Å². The summed E-state index contributed by atoms with van der Waals surface area (Å²) in [4.78, 5) is 70.6. The molecule has 0 amide bonds. The third-order valence-corrected chi connectivity index (χ3v) is 8.89. The van der Waals surface area contributed by atoms with E-state index in [0.717, 1.165) is 0 Å². The Morgan fingerprint density at radius 2 is 1.37 bits per heavy atom. The summed E-state index contributed by atoms with van der Waals surface area (Å²) in [6.07, 6.45) is 0.472. The van der Waals surface area contributed by atoms with E-state index in [0.29, 0.717) is 11.1 Å². The number of aliphatic hydroxyl groups is 1. The second-order valence-electron chi connectivity index (χ2n) is 10.7. The largest absolute Gasteiger partial charge is 0.492 e. The number of fused-ring (bicyclic) bond motifs is 5. The molecule has 38 heavy (non-hydrogen) atoms. The molecular weight excluding hydrogens is 492 g/mol. The second kappa shape index (κ2) is 9.21. The van der Waals surface area contributed by atoms with E-state index in [1.807, 2.05) is 16.8 Å². The topological polar surface area (TPSA) is 131 Å². The van der Waals surface area contributed by atoms with Crippen molar-refractivity contribution in [2.24, 2.45) is 0 Å². The lowest BCUT2D eigenvalue weighted by Gasteiger charge is -2.61. The number of Topliss-reactive ketones (excluding diaryl/α,β-unsaturated/α-hetero) is 5. The van der Waals surface area contributed by atoms with Gasteiger partial charge in [-0.15, -0.1) is 0 Å². The Kier molecular flexibility index (Phi) is 6.40. The zero-order chi connectivity index (χ0) is 27.8. The van der Waals surface area contributed by atoms with Crippen LogP contribution in [0.2, 0.25) is 0 Å². The minimum absolute atomic E-state index is 0.000124. The highest BCUT2D eigenvalue weighted by molar-refractivity contribution is 6.26. The maximum atomic E-state index is 13.7. The van der Waals surface area contributed by atoms with Crippen LogP contribution in [0.25, 0.3) is 0 Å². The highest BCUT2D eigenvalue weighted by Crippen LogP contribution is 2.49. The van der Waals surface area contributed by atoms with Gasteiger partial charge in [-0.2, -0.15) is 0 Å². The van der Waals surface area contributed by atoms with Crippen LogP contribution in [0, 0.1) is 0 Å². The fraction of sp³-hybridized carbons (Fsp3) is 0.536. The van der Waals surface area contributed by atoms with Crippen LogP contribution in [0.3, 0.4) is 0 Å². The van der Waals surface area contributed by atoms with E-state index in [4.69, 9.17) is 9.47 Å². The quantitative estimate of drug-likeness (QED) is 0.510. The van der Waals surface area contributed by atoms with E-state index in [1.165, 1.54) is 28.1 Å². The minimum Gasteiger partial charge on any atom is -0.492 e. The van der Waals surface area contributed by atoms with Crippen molar-refractivity contribution < 1.29 is 38.6 Å². The number of hydrogen-bond donors (Lipinski definition) is 1. The predicted octanol–water partition coefficient (Wildman–Crippen LogP) is 0.593. The van der Waals surface area contributed by atoms with Crippen molar-refractivity contribution in [2.45, 2.75) is 70.2 Å². The average Bonchev–Trinajstić information content (AvgIpc) is 2.87. The van der Waals surface area contributed by atoms with Gasteiger partial charge in [-0.25, -0.2) is 0 Å². The number of piperazine rings is 1. The molecule has 2 bridgehead atoms. The molecule has 0 spiro atoms. The number of aliphatic hydroxyl groups excluding tert-OH is 1. The number of likely N-dealkylation sites (N-methyl/N-ethyl adjacent to an activating group) is 1. The smallest absolute Gasteiger partial charge is 0.226 e. The van der Waals surface area contributed by atoms with Crippen molar-refractivity contribution in [3.63, 3.8) is 0 Å². The zero-order valence-corrected chi connectivity index (χ0v) is 22.4. The Bertz CT molecular complexity index is 1330. The van der Waals surface area contributed by atoms with Crippen LogP contribution in [-0.4, -0.2) is 102 Å². The van der Waals surface area contributed by atoms with Crippen molar-refractivity contribution in [3.05, 3.63) is 45.0 Å². The third kappa shape index (κ3) is 3.40. The molecule has 5 rings (SSSR count). The standard InChI is InChI=1S/C28H32N2O8/c1-11(32)7-17-16-8-15-21(26(36)28(38-6)13(3)24(15)34)22(29(16)4)18-9-14-20(19(10-31)30(17)18)25(35)27(37-5)12(2)23(14)33/h16-19,22,31H,7-10H2,1-6H3/t16?,17-,18-,19-,22?/m0/s1. The van der Waals surface area contributed by atoms with Crippen LogP contribution < -0.4 is 0 Å². The summed E-state index contributed by atoms with van der Waals surface area (Å²) in [7, 11) is 4.55. The molecular formula is C28H32N2O8. The molecule has 0 aromatic rings. The number of ether oxygens (including phenoxy) is 2. The molecule has 3 aliphatic heterocycles. The van der Waals surface area contributed by atoms with Crippen molar-refractivity contribution in [1.82, 2.24) is 9.80 Å². The van der Waals surface area contributed by atoms with Crippen LogP contribution in [0.15, 0.2) is 45.0 Å². The SMILES string of the molecule is COC1=C(C)C(=O)C2=C(C1=O)C1[C@@H]3CC4=C(C(=O)C(OC)=C(C)C4=O)[C@H](CO)N3[C@@H](CC(C)=O)C(C2)N1C. The number of rotatable bonds is 5. The molecule has 1 fully saturated rings. The second-order valence-corrected chi connectivity index (χ2v) is 10.7. The molecule has 10 nitrogen and oxygen atoms in total. The lowest BCUT2D eigenvalue weighted by Crippen LogP contribution is -2.74. The van der Waals surface area contributed by atoms with Gasteiger partial charge in [0.15, 0.2) is 23.1 Å².